The van der Waals surface area contributed by atoms with Crippen molar-refractivity contribution >= 4 is 29.2 Å². The maximum Gasteiger partial charge on any atom is 0.224 e. The number of rotatable bonds is 5. The number of aromatic carboxylic acids is 1. The summed E-state index contributed by atoms with van der Waals surface area (Å²) < 4.78 is 11.0. The number of benzene rings is 2. The van der Waals surface area contributed by atoms with Gasteiger partial charge in [-0.2, -0.15) is 0 Å². The van der Waals surface area contributed by atoms with Gasteiger partial charge in [0.2, 0.25) is 5.91 Å². The van der Waals surface area contributed by atoms with E-state index in [1.807, 2.05) is 18.2 Å². The highest BCUT2D eigenvalue weighted by Crippen LogP contribution is 2.35. The van der Waals surface area contributed by atoms with Crippen LogP contribution in [0.1, 0.15) is 28.8 Å². The topological polar surface area (TPSA) is 87.7 Å². The molecule has 0 aliphatic carbocycles. The molecule has 1 heterocycles. The van der Waals surface area contributed by atoms with Crippen molar-refractivity contribution in [2.75, 3.05) is 18.5 Å². The van der Waals surface area contributed by atoms with Crippen LogP contribution in [0.3, 0.4) is 0 Å². The number of carbonyl (C=O) groups is 2. The molecule has 2 aromatic rings. The number of amides is 1. The minimum atomic E-state index is -1.40. The summed E-state index contributed by atoms with van der Waals surface area (Å²) in [4.78, 5) is 23.7. The van der Waals surface area contributed by atoms with Crippen molar-refractivity contribution in [3.05, 3.63) is 52.5 Å². The van der Waals surface area contributed by atoms with E-state index in [0.717, 1.165) is 5.56 Å². The SMILES string of the molecule is O=C(CCc1ccccc1Cl)Nc1cc2c(cc1C(=O)[O-])OCCCO2. The first-order valence-electron chi connectivity index (χ1n) is 8.23. The molecule has 1 aliphatic heterocycles. The molecule has 0 unspecified atom stereocenters. The molecule has 0 saturated heterocycles. The van der Waals surface area contributed by atoms with E-state index in [9.17, 15) is 14.7 Å². The van der Waals surface area contributed by atoms with Crippen molar-refractivity contribution in [1.29, 1.82) is 0 Å². The molecule has 0 radical (unpaired) electrons. The minimum Gasteiger partial charge on any atom is -0.545 e. The average Bonchev–Trinajstić information content (AvgIpc) is 2.85. The number of carbonyl (C=O) groups excluding carboxylic acids is 2. The van der Waals surface area contributed by atoms with Crippen LogP contribution in [-0.4, -0.2) is 25.1 Å². The van der Waals surface area contributed by atoms with Crippen molar-refractivity contribution in [1.82, 2.24) is 0 Å². The van der Waals surface area contributed by atoms with Crippen molar-refractivity contribution in [2.24, 2.45) is 0 Å². The number of carboxylic acids is 1. The molecule has 0 atom stereocenters. The van der Waals surface area contributed by atoms with E-state index in [2.05, 4.69) is 5.32 Å². The third-order valence-corrected chi connectivity index (χ3v) is 4.33. The number of fused-ring (bicyclic) bond motifs is 1. The van der Waals surface area contributed by atoms with E-state index < -0.39 is 5.97 Å². The van der Waals surface area contributed by atoms with Crippen LogP contribution >= 0.6 is 11.6 Å². The van der Waals surface area contributed by atoms with Crippen LogP contribution < -0.4 is 19.9 Å². The molecule has 0 fully saturated rings. The standard InChI is InChI=1S/C19H18ClNO5/c20-14-5-2-1-4-12(14)6-7-18(22)21-15-11-17-16(10-13(15)19(23)24)25-8-3-9-26-17/h1-2,4-5,10-11H,3,6-9H2,(H,21,22)(H,23,24)/p-1. The zero-order valence-electron chi connectivity index (χ0n) is 13.9. The van der Waals surface area contributed by atoms with E-state index in [1.165, 1.54) is 12.1 Å². The molecule has 0 aromatic heterocycles. The Morgan fingerprint density at radius 2 is 1.81 bits per heavy atom. The van der Waals surface area contributed by atoms with Gasteiger partial charge in [0, 0.05) is 29.5 Å². The molecule has 0 spiro atoms. The lowest BCUT2D eigenvalue weighted by Crippen LogP contribution is -2.25. The number of hydrogen-bond acceptors (Lipinski definition) is 5. The summed E-state index contributed by atoms with van der Waals surface area (Å²) in [5.41, 5.74) is 0.821. The van der Waals surface area contributed by atoms with Crippen molar-refractivity contribution in [3.63, 3.8) is 0 Å². The Morgan fingerprint density at radius 3 is 2.50 bits per heavy atom. The Balaban J connectivity index is 1.75. The van der Waals surface area contributed by atoms with Crippen LogP contribution in [0.4, 0.5) is 5.69 Å². The van der Waals surface area contributed by atoms with Crippen molar-refractivity contribution in [3.8, 4) is 11.5 Å². The predicted molar refractivity (Wildman–Crippen MR) is 94.8 cm³/mol. The lowest BCUT2D eigenvalue weighted by molar-refractivity contribution is -0.254. The smallest absolute Gasteiger partial charge is 0.224 e. The molecule has 26 heavy (non-hydrogen) atoms. The molecule has 1 aliphatic rings. The van der Waals surface area contributed by atoms with Crippen LogP contribution in [0.25, 0.3) is 0 Å². The second-order valence-corrected chi connectivity index (χ2v) is 6.23. The Morgan fingerprint density at radius 1 is 1.12 bits per heavy atom. The predicted octanol–water partition coefficient (Wildman–Crippen LogP) is 2.44. The van der Waals surface area contributed by atoms with E-state index in [0.29, 0.717) is 42.6 Å². The van der Waals surface area contributed by atoms with Crippen LogP contribution in [0.2, 0.25) is 5.02 Å². The molecule has 7 heteroatoms. The van der Waals surface area contributed by atoms with Gasteiger partial charge in [0.15, 0.2) is 11.5 Å². The highest BCUT2D eigenvalue weighted by Gasteiger charge is 2.17. The lowest BCUT2D eigenvalue weighted by Gasteiger charge is -2.16. The summed E-state index contributed by atoms with van der Waals surface area (Å²) in [7, 11) is 0. The zero-order chi connectivity index (χ0) is 18.5. The lowest BCUT2D eigenvalue weighted by atomic mass is 10.1. The third-order valence-electron chi connectivity index (χ3n) is 3.96. The van der Waals surface area contributed by atoms with Gasteiger partial charge in [0.25, 0.3) is 0 Å². The molecule has 2 aromatic carbocycles. The Labute approximate surface area is 155 Å². The molecule has 6 nitrogen and oxygen atoms in total. The number of halogens is 1. The largest absolute Gasteiger partial charge is 0.545 e. The molecular formula is C19H17ClNO5-. The first kappa shape index (κ1) is 18.1. The fourth-order valence-electron chi connectivity index (χ4n) is 2.64. The second kappa shape index (κ2) is 8.10. The van der Waals surface area contributed by atoms with Crippen molar-refractivity contribution in [2.45, 2.75) is 19.3 Å². The zero-order valence-corrected chi connectivity index (χ0v) is 14.7. The quantitative estimate of drug-likeness (QED) is 0.868. The summed E-state index contributed by atoms with van der Waals surface area (Å²) in [6.45, 7) is 0.889. The van der Waals surface area contributed by atoms with Crippen LogP contribution in [0.15, 0.2) is 36.4 Å². The molecular weight excluding hydrogens is 358 g/mol. The molecule has 0 saturated carbocycles. The van der Waals surface area contributed by atoms with E-state index in [4.69, 9.17) is 21.1 Å². The molecule has 3 rings (SSSR count). The van der Waals surface area contributed by atoms with E-state index >= 15 is 0 Å². The highest BCUT2D eigenvalue weighted by atomic mass is 35.5. The highest BCUT2D eigenvalue weighted by molar-refractivity contribution is 6.31. The second-order valence-electron chi connectivity index (χ2n) is 5.82. The monoisotopic (exact) mass is 374 g/mol. The molecule has 1 amide bonds. The summed E-state index contributed by atoms with van der Waals surface area (Å²) >= 11 is 6.08. The average molecular weight is 375 g/mol. The summed E-state index contributed by atoms with van der Waals surface area (Å²) in [5.74, 6) is -1.01. The molecule has 1 N–H and O–H groups in total. The maximum atomic E-state index is 12.3. The fourth-order valence-corrected chi connectivity index (χ4v) is 2.87. The van der Waals surface area contributed by atoms with Gasteiger partial charge in [-0.25, -0.2) is 0 Å². The first-order valence-corrected chi connectivity index (χ1v) is 8.60. The van der Waals surface area contributed by atoms with Crippen LogP contribution in [0, 0.1) is 0 Å². The number of anilines is 1. The van der Waals surface area contributed by atoms with Crippen LogP contribution in [-0.2, 0) is 11.2 Å². The van der Waals surface area contributed by atoms with Crippen molar-refractivity contribution < 1.29 is 24.2 Å². The van der Waals surface area contributed by atoms with Gasteiger partial charge >= 0.3 is 0 Å². The Bertz CT molecular complexity index is 837. The van der Waals surface area contributed by atoms with Gasteiger partial charge in [-0.15, -0.1) is 0 Å². The van der Waals surface area contributed by atoms with Gasteiger partial charge in [-0.1, -0.05) is 29.8 Å². The summed E-state index contributed by atoms with van der Waals surface area (Å²) in [5, 5.41) is 14.6. The van der Waals surface area contributed by atoms with Gasteiger partial charge in [-0.3, -0.25) is 4.79 Å². The summed E-state index contributed by atoms with van der Waals surface area (Å²) in [6.07, 6.45) is 1.29. The minimum absolute atomic E-state index is 0.124. The maximum absolute atomic E-state index is 12.3. The Kier molecular flexibility index (Phi) is 5.63. The number of aryl methyl sites for hydroxylation is 1. The van der Waals surface area contributed by atoms with Crippen LogP contribution in [0.5, 0.6) is 11.5 Å². The van der Waals surface area contributed by atoms with Gasteiger partial charge in [-0.05, 0) is 24.1 Å². The van der Waals surface area contributed by atoms with E-state index in [-0.39, 0.29) is 23.6 Å². The van der Waals surface area contributed by atoms with Gasteiger partial charge in [0.05, 0.1) is 24.9 Å². The number of ether oxygens (including phenoxy) is 2. The van der Waals surface area contributed by atoms with Gasteiger partial charge in [0.1, 0.15) is 0 Å². The fraction of sp³-hybridized carbons (Fsp3) is 0.263. The summed E-state index contributed by atoms with van der Waals surface area (Å²) in [6, 6.07) is 10.0. The molecule has 136 valence electrons. The first-order chi connectivity index (χ1) is 12.5. The number of hydrogen-bond donors (Lipinski definition) is 1. The normalized spacial score (nSPS) is 13.0. The van der Waals surface area contributed by atoms with Gasteiger partial charge < -0.3 is 24.7 Å². The third kappa shape index (κ3) is 4.26. The molecule has 0 bridgehead atoms. The van der Waals surface area contributed by atoms with E-state index in [1.54, 1.807) is 6.07 Å². The number of nitrogens with one attached hydrogen (secondary N) is 1. The number of carboxylic acid groups (broad SMARTS) is 1. The Hall–Kier alpha value is -2.73.